The van der Waals surface area contributed by atoms with Crippen LogP contribution in [0.2, 0.25) is 5.28 Å². The van der Waals surface area contributed by atoms with Crippen LogP contribution in [0.3, 0.4) is 0 Å². The number of allylic oxidation sites excluding steroid dienone is 1. The second-order valence-corrected chi connectivity index (χ2v) is 2.67. The Labute approximate surface area is 71.9 Å². The quantitative estimate of drug-likeness (QED) is 0.414. The molecular weight excluding hydrogens is 139 g/mol. The second kappa shape index (κ2) is 9.23. The lowest BCUT2D eigenvalue weighted by Gasteiger charge is -2.08. The maximum absolute atomic E-state index is 5.07. The fourth-order valence-corrected chi connectivity index (χ4v) is 0.687. The van der Waals surface area contributed by atoms with Crippen molar-refractivity contribution in [2.24, 2.45) is 0 Å². The largest absolute Gasteiger partial charge is 0.381 e. The van der Waals surface area contributed by atoms with Crippen molar-refractivity contribution < 1.29 is 4.74 Å². The van der Waals surface area contributed by atoms with Crippen LogP contribution in [0.4, 0.5) is 0 Å². The predicted octanol–water partition coefficient (Wildman–Crippen LogP) is 1.95. The van der Waals surface area contributed by atoms with E-state index >= 15 is 0 Å². The molecular formula is C8H15AlO. The monoisotopic (exact) mass is 154 g/mol. The van der Waals surface area contributed by atoms with Crippen molar-refractivity contribution in [3.8, 4) is 0 Å². The van der Waals surface area contributed by atoms with Crippen LogP contribution in [0.5, 0.6) is 0 Å². The third-order valence-corrected chi connectivity index (χ3v) is 1.58. The van der Waals surface area contributed by atoms with Gasteiger partial charge in [-0.2, -0.15) is 0 Å². The molecule has 2 heteroatoms. The molecule has 1 rings (SSSR count). The lowest BCUT2D eigenvalue weighted by molar-refractivity contribution is 0.0968. The van der Waals surface area contributed by atoms with Crippen LogP contribution in [0.25, 0.3) is 0 Å². The summed E-state index contributed by atoms with van der Waals surface area (Å²) >= 11 is 2.54. The molecule has 1 fully saturated rings. The number of ether oxygens (including phenoxy) is 1. The van der Waals surface area contributed by atoms with E-state index in [-0.39, 0.29) is 0 Å². The van der Waals surface area contributed by atoms with Gasteiger partial charge in [0.2, 0.25) is 0 Å². The summed E-state index contributed by atoms with van der Waals surface area (Å²) in [5.74, 6) is 0. The molecule has 0 bridgehead atoms. The maximum Gasteiger partial charge on any atom is 0.124 e. The van der Waals surface area contributed by atoms with Gasteiger partial charge in [-0.15, -0.1) is 17.9 Å². The molecule has 1 nitrogen and oxygen atoms in total. The van der Waals surface area contributed by atoms with Crippen LogP contribution in [0.15, 0.2) is 12.7 Å². The summed E-state index contributed by atoms with van der Waals surface area (Å²) < 4.78 is 5.07. The third kappa shape index (κ3) is 8.23. The van der Waals surface area contributed by atoms with E-state index in [0.29, 0.717) is 0 Å². The molecule has 1 saturated heterocycles. The van der Waals surface area contributed by atoms with Crippen LogP contribution in [-0.4, -0.2) is 29.5 Å². The fraction of sp³-hybridized carbons (Fsp3) is 0.750. The van der Waals surface area contributed by atoms with Gasteiger partial charge in [0.25, 0.3) is 0 Å². The minimum Gasteiger partial charge on any atom is -0.381 e. The molecule has 10 heavy (non-hydrogen) atoms. The SMILES string of the molecule is C1CCOCC1.C=C[CH2][Al]. The highest BCUT2D eigenvalue weighted by molar-refractivity contribution is 6.09. The van der Waals surface area contributed by atoms with Crippen molar-refractivity contribution in [1.29, 1.82) is 0 Å². The fourth-order valence-electron chi connectivity index (χ4n) is 0.687. The number of hydrogen-bond donors (Lipinski definition) is 0. The van der Waals surface area contributed by atoms with Crippen LogP contribution < -0.4 is 0 Å². The Morgan fingerprint density at radius 3 is 1.90 bits per heavy atom. The maximum atomic E-state index is 5.07. The Balaban J connectivity index is 0.000000180. The van der Waals surface area contributed by atoms with E-state index in [0.717, 1.165) is 18.5 Å². The van der Waals surface area contributed by atoms with E-state index in [9.17, 15) is 0 Å². The van der Waals surface area contributed by atoms with Gasteiger partial charge in [0.05, 0.1) is 0 Å². The van der Waals surface area contributed by atoms with Gasteiger partial charge < -0.3 is 4.74 Å². The van der Waals surface area contributed by atoms with Crippen LogP contribution in [-0.2, 0) is 4.74 Å². The summed E-state index contributed by atoms with van der Waals surface area (Å²) in [6.45, 7) is 5.46. The normalized spacial score (nSPS) is 16.8. The van der Waals surface area contributed by atoms with E-state index < -0.39 is 0 Å². The molecule has 0 aliphatic carbocycles. The Hall–Kier alpha value is 0.232. The van der Waals surface area contributed by atoms with Gasteiger partial charge in [0.15, 0.2) is 0 Å². The average Bonchev–Trinajstić information content (AvgIpc) is 2.08. The first kappa shape index (κ1) is 10.2. The van der Waals surface area contributed by atoms with Gasteiger partial charge in [-0.1, -0.05) is 0 Å². The molecule has 0 aromatic rings. The summed E-state index contributed by atoms with van der Waals surface area (Å²) in [7, 11) is 0. The Morgan fingerprint density at radius 1 is 1.30 bits per heavy atom. The minimum absolute atomic E-state index is 1.00. The highest BCUT2D eigenvalue weighted by Gasteiger charge is 1.94. The highest BCUT2D eigenvalue weighted by Crippen LogP contribution is 2.02. The summed E-state index contributed by atoms with van der Waals surface area (Å²) in [6.07, 6.45) is 5.77. The third-order valence-electron chi connectivity index (χ3n) is 1.24. The zero-order valence-corrected chi connectivity index (χ0v) is 7.67. The van der Waals surface area contributed by atoms with E-state index in [1.54, 1.807) is 0 Å². The molecule has 0 unspecified atom stereocenters. The molecule has 1 aliphatic rings. The summed E-state index contributed by atoms with van der Waals surface area (Å²) in [5, 5.41) is 1.00. The second-order valence-electron chi connectivity index (χ2n) is 2.20. The van der Waals surface area contributed by atoms with E-state index in [4.69, 9.17) is 4.74 Å². The van der Waals surface area contributed by atoms with Crippen LogP contribution >= 0.6 is 0 Å². The zero-order chi connectivity index (χ0) is 7.66. The molecule has 0 aromatic carbocycles. The van der Waals surface area contributed by atoms with Gasteiger partial charge >= 0.3 is 0 Å². The first-order valence-corrected chi connectivity index (χ1v) is 4.62. The molecule has 1 aliphatic heterocycles. The minimum atomic E-state index is 1.00. The Bertz CT molecular complexity index is 58.1. The van der Waals surface area contributed by atoms with Crippen molar-refractivity contribution in [2.45, 2.75) is 24.5 Å². The Kier molecular flexibility index (Phi) is 9.45. The first-order chi connectivity index (χ1) is 4.91. The molecule has 0 aromatic heterocycles. The standard InChI is InChI=1S/C5H10O.C3H5.Al/c1-2-4-6-5-3-1;1-3-2;/h1-5H2;3H,1-2H2;. The van der Waals surface area contributed by atoms with Gasteiger partial charge in [-0.05, 0) is 19.3 Å². The highest BCUT2D eigenvalue weighted by atomic mass is 27.0. The number of hydrogen-bond acceptors (Lipinski definition) is 1. The zero-order valence-electron chi connectivity index (χ0n) is 6.51. The van der Waals surface area contributed by atoms with Crippen molar-refractivity contribution in [3.63, 3.8) is 0 Å². The summed E-state index contributed by atoms with van der Waals surface area (Å²) in [6, 6.07) is 0. The van der Waals surface area contributed by atoms with Crippen molar-refractivity contribution in [1.82, 2.24) is 0 Å². The molecule has 0 atom stereocenters. The molecule has 0 amide bonds. The smallest absolute Gasteiger partial charge is 0.124 e. The lowest BCUT2D eigenvalue weighted by atomic mass is 10.2. The van der Waals surface area contributed by atoms with Gasteiger partial charge in [0.1, 0.15) is 16.3 Å². The summed E-state index contributed by atoms with van der Waals surface area (Å²) in [5.41, 5.74) is 0. The molecule has 0 N–H and O–H groups in total. The average molecular weight is 154 g/mol. The van der Waals surface area contributed by atoms with Crippen molar-refractivity contribution >= 4 is 16.3 Å². The summed E-state index contributed by atoms with van der Waals surface area (Å²) in [4.78, 5) is 0. The molecule has 0 saturated carbocycles. The van der Waals surface area contributed by atoms with Gasteiger partial charge in [-0.3, -0.25) is 0 Å². The van der Waals surface area contributed by atoms with Crippen LogP contribution in [0, 0.1) is 0 Å². The Morgan fingerprint density at radius 2 is 1.80 bits per heavy atom. The van der Waals surface area contributed by atoms with Crippen LogP contribution in [0.1, 0.15) is 19.3 Å². The van der Waals surface area contributed by atoms with E-state index in [1.165, 1.54) is 19.3 Å². The molecule has 56 valence electrons. The van der Waals surface area contributed by atoms with Crippen molar-refractivity contribution in [3.05, 3.63) is 12.7 Å². The predicted molar refractivity (Wildman–Crippen MR) is 45.4 cm³/mol. The topological polar surface area (TPSA) is 9.23 Å². The van der Waals surface area contributed by atoms with Crippen molar-refractivity contribution in [2.75, 3.05) is 13.2 Å². The van der Waals surface area contributed by atoms with Gasteiger partial charge in [0, 0.05) is 13.2 Å². The number of rotatable bonds is 1. The van der Waals surface area contributed by atoms with Gasteiger partial charge in [-0.25, -0.2) is 0 Å². The molecule has 0 spiro atoms. The molecule has 1 heterocycles. The lowest BCUT2D eigenvalue weighted by Crippen LogP contribution is -2.03. The van der Waals surface area contributed by atoms with E-state index in [1.807, 2.05) is 6.08 Å². The molecule has 2 radical (unpaired) electrons. The van der Waals surface area contributed by atoms with E-state index in [2.05, 4.69) is 22.9 Å². The first-order valence-electron chi connectivity index (χ1n) is 3.80.